The van der Waals surface area contributed by atoms with Crippen LogP contribution < -0.4 is 5.73 Å². The van der Waals surface area contributed by atoms with Crippen molar-refractivity contribution in [2.45, 2.75) is 83.0 Å². The Kier molecular flexibility index (Phi) is 4.91. The molecule has 0 aromatic rings. The highest BCUT2D eigenvalue weighted by molar-refractivity contribution is 4.97. The second kappa shape index (κ2) is 6.11. The van der Waals surface area contributed by atoms with Gasteiger partial charge in [-0.25, -0.2) is 0 Å². The minimum atomic E-state index is -0.0892. The topological polar surface area (TPSA) is 44.5 Å². The highest BCUT2D eigenvalue weighted by Gasteiger charge is 2.42. The molecule has 2 fully saturated rings. The third-order valence-corrected chi connectivity index (χ3v) is 5.36. The third kappa shape index (κ3) is 3.71. The molecular formula is C16H31NO2. The standard InChI is InChI=1S/C16H31NO2/c1-15(2)8-10-16(18-3,11-9-15)14(17)7-6-13-5-4-12-19-13/h13-14H,4-12,17H2,1-3H3. The lowest BCUT2D eigenvalue weighted by Crippen LogP contribution is -2.52. The summed E-state index contributed by atoms with van der Waals surface area (Å²) in [6.45, 7) is 5.64. The molecular weight excluding hydrogens is 238 g/mol. The van der Waals surface area contributed by atoms with Gasteiger partial charge in [0.25, 0.3) is 0 Å². The zero-order valence-corrected chi connectivity index (χ0v) is 12.9. The van der Waals surface area contributed by atoms with Crippen LogP contribution in [0.1, 0.15) is 65.2 Å². The maximum absolute atomic E-state index is 6.48. The summed E-state index contributed by atoms with van der Waals surface area (Å²) < 4.78 is 11.6. The summed E-state index contributed by atoms with van der Waals surface area (Å²) in [4.78, 5) is 0. The Labute approximate surface area is 118 Å². The van der Waals surface area contributed by atoms with E-state index in [2.05, 4.69) is 13.8 Å². The summed E-state index contributed by atoms with van der Waals surface area (Å²) in [6.07, 6.45) is 9.62. The van der Waals surface area contributed by atoms with E-state index >= 15 is 0 Å². The Morgan fingerprint density at radius 2 is 1.95 bits per heavy atom. The normalized spacial score (nSPS) is 31.3. The quantitative estimate of drug-likeness (QED) is 0.833. The van der Waals surface area contributed by atoms with Crippen LogP contribution in [-0.4, -0.2) is 31.5 Å². The van der Waals surface area contributed by atoms with E-state index in [1.54, 1.807) is 0 Å². The monoisotopic (exact) mass is 269 g/mol. The van der Waals surface area contributed by atoms with Gasteiger partial charge >= 0.3 is 0 Å². The first-order valence-electron chi connectivity index (χ1n) is 7.90. The molecule has 1 aliphatic heterocycles. The van der Waals surface area contributed by atoms with E-state index in [0.29, 0.717) is 11.5 Å². The maximum atomic E-state index is 6.48. The van der Waals surface area contributed by atoms with Crippen LogP contribution in [0.15, 0.2) is 0 Å². The molecule has 0 aromatic heterocycles. The van der Waals surface area contributed by atoms with E-state index in [0.717, 1.165) is 32.3 Å². The number of rotatable bonds is 5. The van der Waals surface area contributed by atoms with Crippen molar-refractivity contribution in [3.05, 3.63) is 0 Å². The van der Waals surface area contributed by atoms with Crippen LogP contribution in [0.4, 0.5) is 0 Å². The Morgan fingerprint density at radius 1 is 1.26 bits per heavy atom. The summed E-state index contributed by atoms with van der Waals surface area (Å²) in [5, 5.41) is 0. The first-order chi connectivity index (χ1) is 8.97. The van der Waals surface area contributed by atoms with Crippen LogP contribution in [0.2, 0.25) is 0 Å². The summed E-state index contributed by atoms with van der Waals surface area (Å²) in [7, 11) is 1.84. The second-order valence-corrected chi connectivity index (χ2v) is 7.25. The van der Waals surface area contributed by atoms with Gasteiger partial charge in [0.05, 0.1) is 11.7 Å². The van der Waals surface area contributed by atoms with Crippen LogP contribution in [0.3, 0.4) is 0 Å². The fourth-order valence-electron chi connectivity index (χ4n) is 3.58. The smallest absolute Gasteiger partial charge is 0.0829 e. The zero-order valence-electron chi connectivity index (χ0n) is 12.9. The fraction of sp³-hybridized carbons (Fsp3) is 1.00. The Hall–Kier alpha value is -0.120. The number of hydrogen-bond donors (Lipinski definition) is 1. The van der Waals surface area contributed by atoms with Crippen molar-refractivity contribution in [2.75, 3.05) is 13.7 Å². The molecule has 2 N–H and O–H groups in total. The van der Waals surface area contributed by atoms with E-state index in [1.165, 1.54) is 25.7 Å². The number of nitrogens with two attached hydrogens (primary N) is 1. The molecule has 0 aromatic carbocycles. The number of methoxy groups -OCH3 is 1. The van der Waals surface area contributed by atoms with E-state index < -0.39 is 0 Å². The molecule has 3 heteroatoms. The Balaban J connectivity index is 1.85. The predicted octanol–water partition coefficient (Wildman–Crippen LogP) is 3.26. The van der Waals surface area contributed by atoms with Crippen molar-refractivity contribution in [1.82, 2.24) is 0 Å². The number of hydrogen-bond acceptors (Lipinski definition) is 3. The molecule has 0 bridgehead atoms. The third-order valence-electron chi connectivity index (χ3n) is 5.36. The fourth-order valence-corrected chi connectivity index (χ4v) is 3.58. The van der Waals surface area contributed by atoms with Crippen LogP contribution in [0.5, 0.6) is 0 Å². The van der Waals surface area contributed by atoms with Crippen LogP contribution in [-0.2, 0) is 9.47 Å². The van der Waals surface area contributed by atoms with Gasteiger partial charge in [0.1, 0.15) is 0 Å². The summed E-state index contributed by atoms with van der Waals surface area (Å²) >= 11 is 0. The van der Waals surface area contributed by atoms with Gasteiger partial charge in [0.15, 0.2) is 0 Å². The van der Waals surface area contributed by atoms with Crippen LogP contribution in [0.25, 0.3) is 0 Å². The minimum Gasteiger partial charge on any atom is -0.378 e. The van der Waals surface area contributed by atoms with E-state index in [1.807, 2.05) is 7.11 Å². The second-order valence-electron chi connectivity index (χ2n) is 7.25. The van der Waals surface area contributed by atoms with Gasteiger partial charge in [-0.3, -0.25) is 0 Å². The summed E-state index contributed by atoms with van der Waals surface area (Å²) in [5.41, 5.74) is 6.85. The largest absolute Gasteiger partial charge is 0.378 e. The van der Waals surface area contributed by atoms with Gasteiger partial charge in [-0.15, -0.1) is 0 Å². The first kappa shape index (κ1) is 15.3. The van der Waals surface area contributed by atoms with Crippen molar-refractivity contribution in [3.63, 3.8) is 0 Å². The molecule has 0 radical (unpaired) electrons. The van der Waals surface area contributed by atoms with Crippen LogP contribution >= 0.6 is 0 Å². The molecule has 0 spiro atoms. The molecule has 0 amide bonds. The van der Waals surface area contributed by atoms with Gasteiger partial charge < -0.3 is 15.2 Å². The van der Waals surface area contributed by atoms with E-state index in [4.69, 9.17) is 15.2 Å². The van der Waals surface area contributed by atoms with Crippen molar-refractivity contribution in [3.8, 4) is 0 Å². The molecule has 2 unspecified atom stereocenters. The lowest BCUT2D eigenvalue weighted by Gasteiger charge is -2.46. The summed E-state index contributed by atoms with van der Waals surface area (Å²) in [6, 6.07) is 0.151. The molecule has 112 valence electrons. The molecule has 2 rings (SSSR count). The van der Waals surface area contributed by atoms with Crippen molar-refractivity contribution >= 4 is 0 Å². The average molecular weight is 269 g/mol. The molecule has 2 atom stereocenters. The zero-order chi connectivity index (χ0) is 13.9. The summed E-state index contributed by atoms with van der Waals surface area (Å²) in [5.74, 6) is 0. The van der Waals surface area contributed by atoms with Gasteiger partial charge in [0.2, 0.25) is 0 Å². The highest BCUT2D eigenvalue weighted by atomic mass is 16.5. The van der Waals surface area contributed by atoms with E-state index in [-0.39, 0.29) is 11.6 Å². The molecule has 1 saturated heterocycles. The first-order valence-corrected chi connectivity index (χ1v) is 7.90. The van der Waals surface area contributed by atoms with E-state index in [9.17, 15) is 0 Å². The molecule has 1 saturated carbocycles. The van der Waals surface area contributed by atoms with Gasteiger partial charge in [-0.05, 0) is 56.8 Å². The lowest BCUT2D eigenvalue weighted by atomic mass is 9.68. The average Bonchev–Trinajstić information content (AvgIpc) is 2.90. The van der Waals surface area contributed by atoms with Gasteiger partial charge in [-0.1, -0.05) is 13.8 Å². The predicted molar refractivity (Wildman–Crippen MR) is 78.2 cm³/mol. The molecule has 3 nitrogen and oxygen atoms in total. The molecule has 1 aliphatic carbocycles. The molecule has 19 heavy (non-hydrogen) atoms. The molecule has 1 heterocycles. The highest BCUT2D eigenvalue weighted by Crippen LogP contribution is 2.43. The van der Waals surface area contributed by atoms with Crippen molar-refractivity contribution < 1.29 is 9.47 Å². The molecule has 2 aliphatic rings. The lowest BCUT2D eigenvalue weighted by molar-refractivity contribution is -0.0816. The van der Waals surface area contributed by atoms with Gasteiger partial charge in [0, 0.05) is 19.8 Å². The maximum Gasteiger partial charge on any atom is 0.0829 e. The van der Waals surface area contributed by atoms with Crippen molar-refractivity contribution in [1.29, 1.82) is 0 Å². The number of ether oxygens (including phenoxy) is 2. The minimum absolute atomic E-state index is 0.0892. The Morgan fingerprint density at radius 3 is 2.47 bits per heavy atom. The SMILES string of the molecule is COC1(C(N)CCC2CCCO2)CCC(C)(C)CC1. The van der Waals surface area contributed by atoms with Gasteiger partial charge in [-0.2, -0.15) is 0 Å². The Bertz CT molecular complexity index is 274. The van der Waals surface area contributed by atoms with Crippen molar-refractivity contribution in [2.24, 2.45) is 11.1 Å². The van der Waals surface area contributed by atoms with Crippen LogP contribution in [0, 0.1) is 5.41 Å².